The Morgan fingerprint density at radius 1 is 1.35 bits per heavy atom. The van der Waals surface area contributed by atoms with E-state index in [2.05, 4.69) is 19.2 Å². The van der Waals surface area contributed by atoms with E-state index in [4.69, 9.17) is 0 Å². The van der Waals surface area contributed by atoms with Gasteiger partial charge in [0.05, 0.1) is 5.41 Å². The predicted molar refractivity (Wildman–Crippen MR) is 78.6 cm³/mol. The third-order valence-electron chi connectivity index (χ3n) is 4.40. The largest absolute Gasteiger partial charge is 0.481 e. The minimum Gasteiger partial charge on any atom is -0.481 e. The van der Waals surface area contributed by atoms with Crippen molar-refractivity contribution in [3.8, 4) is 0 Å². The molecule has 1 rings (SSSR count). The molecule has 2 unspecified atom stereocenters. The molecular weight excluding hydrogens is 256 g/mol. The molecule has 0 bridgehead atoms. The standard InChI is InChI=1S/C15H28N2O3/c1-5-7-15(13(18)19)8-6-9-17(10-15)14(20)16-12(4)11(2)3/h11-12H,5-10H2,1-4H3,(H,16,20)(H,18,19). The number of amides is 2. The molecule has 2 N–H and O–H groups in total. The highest BCUT2D eigenvalue weighted by atomic mass is 16.4. The van der Waals surface area contributed by atoms with Crippen molar-refractivity contribution in [1.82, 2.24) is 10.2 Å². The fourth-order valence-electron chi connectivity index (χ4n) is 2.72. The van der Waals surface area contributed by atoms with Gasteiger partial charge in [0.2, 0.25) is 0 Å². The van der Waals surface area contributed by atoms with E-state index >= 15 is 0 Å². The van der Waals surface area contributed by atoms with Crippen LogP contribution in [0.25, 0.3) is 0 Å². The second-order valence-corrected chi connectivity index (χ2v) is 6.34. The Kier molecular flexibility index (Phi) is 5.84. The van der Waals surface area contributed by atoms with Crippen LogP contribution in [-0.4, -0.2) is 41.1 Å². The fraction of sp³-hybridized carbons (Fsp3) is 0.867. The van der Waals surface area contributed by atoms with Crippen LogP contribution in [0.1, 0.15) is 53.4 Å². The van der Waals surface area contributed by atoms with E-state index in [1.165, 1.54) is 0 Å². The Hall–Kier alpha value is -1.26. The first-order chi connectivity index (χ1) is 9.32. The summed E-state index contributed by atoms with van der Waals surface area (Å²) >= 11 is 0. The number of piperidine rings is 1. The smallest absolute Gasteiger partial charge is 0.317 e. The third-order valence-corrected chi connectivity index (χ3v) is 4.40. The zero-order chi connectivity index (χ0) is 15.3. The van der Waals surface area contributed by atoms with Crippen LogP contribution in [0.15, 0.2) is 0 Å². The van der Waals surface area contributed by atoms with Crippen LogP contribution in [0.5, 0.6) is 0 Å². The molecule has 20 heavy (non-hydrogen) atoms. The highest BCUT2D eigenvalue weighted by Crippen LogP contribution is 2.35. The van der Waals surface area contributed by atoms with Crippen LogP contribution in [0, 0.1) is 11.3 Å². The summed E-state index contributed by atoms with van der Waals surface area (Å²) < 4.78 is 0. The zero-order valence-corrected chi connectivity index (χ0v) is 13.1. The first kappa shape index (κ1) is 16.8. The second-order valence-electron chi connectivity index (χ2n) is 6.34. The SMILES string of the molecule is CCCC1(C(=O)O)CCCN(C(=O)NC(C)C(C)C)C1. The topological polar surface area (TPSA) is 69.6 Å². The van der Waals surface area contributed by atoms with Crippen molar-refractivity contribution < 1.29 is 14.7 Å². The summed E-state index contributed by atoms with van der Waals surface area (Å²) in [6, 6.07) is -0.0394. The van der Waals surface area contributed by atoms with Gasteiger partial charge in [-0.1, -0.05) is 27.2 Å². The van der Waals surface area contributed by atoms with E-state index in [0.717, 1.165) is 12.8 Å². The van der Waals surface area contributed by atoms with Gasteiger partial charge in [0.25, 0.3) is 0 Å². The lowest BCUT2D eigenvalue weighted by molar-refractivity contribution is -0.152. The summed E-state index contributed by atoms with van der Waals surface area (Å²) in [5.41, 5.74) is -0.759. The van der Waals surface area contributed by atoms with Crippen molar-refractivity contribution in [1.29, 1.82) is 0 Å². The number of carbonyl (C=O) groups excluding carboxylic acids is 1. The molecule has 116 valence electrons. The maximum atomic E-state index is 12.2. The molecule has 5 heteroatoms. The van der Waals surface area contributed by atoms with Gasteiger partial charge < -0.3 is 15.3 Å². The molecule has 5 nitrogen and oxygen atoms in total. The van der Waals surface area contributed by atoms with Gasteiger partial charge in [-0.15, -0.1) is 0 Å². The van der Waals surface area contributed by atoms with Gasteiger partial charge in [0, 0.05) is 19.1 Å². The number of rotatable bonds is 5. The third kappa shape index (κ3) is 3.87. The van der Waals surface area contributed by atoms with Crippen LogP contribution < -0.4 is 5.32 Å². The van der Waals surface area contributed by atoms with Crippen molar-refractivity contribution in [3.05, 3.63) is 0 Å². The quantitative estimate of drug-likeness (QED) is 0.815. The number of carboxylic acid groups (broad SMARTS) is 1. The number of aliphatic carboxylic acids is 1. The van der Waals surface area contributed by atoms with E-state index in [0.29, 0.717) is 31.8 Å². The number of nitrogens with one attached hydrogen (secondary N) is 1. The lowest BCUT2D eigenvalue weighted by Gasteiger charge is -2.40. The average molecular weight is 284 g/mol. The molecule has 0 radical (unpaired) electrons. The molecule has 0 aromatic carbocycles. The number of hydrogen-bond donors (Lipinski definition) is 2. The number of urea groups is 1. The van der Waals surface area contributed by atoms with Crippen LogP contribution >= 0.6 is 0 Å². The van der Waals surface area contributed by atoms with E-state index in [1.54, 1.807) is 4.90 Å². The van der Waals surface area contributed by atoms with Crippen molar-refractivity contribution in [2.45, 2.75) is 59.4 Å². The molecule has 1 heterocycles. The molecule has 0 spiro atoms. The Morgan fingerprint density at radius 2 is 2.00 bits per heavy atom. The fourth-order valence-corrected chi connectivity index (χ4v) is 2.72. The monoisotopic (exact) mass is 284 g/mol. The Balaban J connectivity index is 2.72. The number of hydrogen-bond acceptors (Lipinski definition) is 2. The predicted octanol–water partition coefficient (Wildman–Crippen LogP) is 2.71. The van der Waals surface area contributed by atoms with Crippen molar-refractivity contribution in [2.24, 2.45) is 11.3 Å². The summed E-state index contributed by atoms with van der Waals surface area (Å²) in [7, 11) is 0. The molecule has 1 fully saturated rings. The van der Waals surface area contributed by atoms with Crippen LogP contribution in [0.4, 0.5) is 4.79 Å². The van der Waals surface area contributed by atoms with E-state index in [-0.39, 0.29) is 12.1 Å². The zero-order valence-electron chi connectivity index (χ0n) is 13.1. The van der Waals surface area contributed by atoms with Gasteiger partial charge in [-0.05, 0) is 32.1 Å². The number of likely N-dealkylation sites (tertiary alicyclic amines) is 1. The maximum absolute atomic E-state index is 12.2. The summed E-state index contributed by atoms with van der Waals surface area (Å²) in [5.74, 6) is -0.405. The molecule has 0 saturated carbocycles. The molecular formula is C15H28N2O3. The minimum absolute atomic E-state index is 0.0924. The molecule has 1 aliphatic heterocycles. The first-order valence-corrected chi connectivity index (χ1v) is 7.61. The minimum atomic E-state index is -0.770. The van der Waals surface area contributed by atoms with Crippen LogP contribution in [-0.2, 0) is 4.79 Å². The van der Waals surface area contributed by atoms with E-state index < -0.39 is 11.4 Å². The molecule has 2 amide bonds. The molecule has 1 aliphatic rings. The summed E-state index contributed by atoms with van der Waals surface area (Å²) in [5, 5.41) is 12.5. The molecule has 0 aromatic rings. The number of nitrogens with zero attached hydrogens (tertiary/aromatic N) is 1. The van der Waals surface area contributed by atoms with E-state index in [9.17, 15) is 14.7 Å². The Labute approximate surface area is 121 Å². The average Bonchev–Trinajstić information content (AvgIpc) is 2.38. The molecule has 0 aromatic heterocycles. The van der Waals surface area contributed by atoms with Gasteiger partial charge >= 0.3 is 12.0 Å². The lowest BCUT2D eigenvalue weighted by Crippen LogP contribution is -2.54. The summed E-state index contributed by atoms with van der Waals surface area (Å²) in [6.45, 7) is 9.05. The van der Waals surface area contributed by atoms with Gasteiger partial charge in [-0.25, -0.2) is 4.79 Å². The highest BCUT2D eigenvalue weighted by molar-refractivity contribution is 5.79. The number of carboxylic acids is 1. The number of carbonyl (C=O) groups is 2. The molecule has 2 atom stereocenters. The van der Waals surface area contributed by atoms with Crippen LogP contribution in [0.3, 0.4) is 0 Å². The van der Waals surface area contributed by atoms with Crippen molar-refractivity contribution >= 4 is 12.0 Å². The first-order valence-electron chi connectivity index (χ1n) is 7.61. The van der Waals surface area contributed by atoms with Gasteiger partial charge in [0.1, 0.15) is 0 Å². The normalized spacial score (nSPS) is 24.6. The Morgan fingerprint density at radius 3 is 2.50 bits per heavy atom. The van der Waals surface area contributed by atoms with E-state index in [1.807, 2.05) is 13.8 Å². The van der Waals surface area contributed by atoms with Gasteiger partial charge in [0.15, 0.2) is 0 Å². The molecule has 1 saturated heterocycles. The van der Waals surface area contributed by atoms with Crippen molar-refractivity contribution in [3.63, 3.8) is 0 Å². The van der Waals surface area contributed by atoms with Gasteiger partial charge in [-0.3, -0.25) is 4.79 Å². The summed E-state index contributed by atoms with van der Waals surface area (Å²) in [4.78, 5) is 25.5. The van der Waals surface area contributed by atoms with Crippen molar-refractivity contribution in [2.75, 3.05) is 13.1 Å². The maximum Gasteiger partial charge on any atom is 0.317 e. The van der Waals surface area contributed by atoms with Gasteiger partial charge in [-0.2, -0.15) is 0 Å². The highest BCUT2D eigenvalue weighted by Gasteiger charge is 2.42. The van der Waals surface area contributed by atoms with Crippen LogP contribution in [0.2, 0.25) is 0 Å². The lowest BCUT2D eigenvalue weighted by atomic mass is 9.76. The molecule has 0 aliphatic carbocycles. The second kappa shape index (κ2) is 6.95. The summed E-state index contributed by atoms with van der Waals surface area (Å²) in [6.07, 6.45) is 2.88. The Bertz CT molecular complexity index is 353.